The SMILES string of the molecule is CC(C)(C)[Si](C)(C)n1ccc(I)c1. The fraction of sp³-hybridized carbons (Fsp3) is 0.600. The van der Waals surface area contributed by atoms with Crippen molar-refractivity contribution >= 4 is 30.8 Å². The summed E-state index contributed by atoms with van der Waals surface area (Å²) in [7, 11) is -1.35. The third-order valence-electron chi connectivity index (χ3n) is 3.14. The zero-order valence-electron chi connectivity index (χ0n) is 9.06. The van der Waals surface area contributed by atoms with Gasteiger partial charge in [-0.25, -0.2) is 0 Å². The molecule has 0 aliphatic heterocycles. The van der Waals surface area contributed by atoms with Gasteiger partial charge < -0.3 is 4.23 Å². The summed E-state index contributed by atoms with van der Waals surface area (Å²) < 4.78 is 3.77. The summed E-state index contributed by atoms with van der Waals surface area (Å²) in [6, 6.07) is 2.18. The summed E-state index contributed by atoms with van der Waals surface area (Å²) in [5.74, 6) is 0. The van der Waals surface area contributed by atoms with Crippen LogP contribution in [0.3, 0.4) is 0 Å². The molecule has 13 heavy (non-hydrogen) atoms. The van der Waals surface area contributed by atoms with Crippen LogP contribution in [0.1, 0.15) is 20.8 Å². The maximum atomic E-state index is 2.44. The van der Waals surface area contributed by atoms with E-state index in [9.17, 15) is 0 Å². The van der Waals surface area contributed by atoms with E-state index in [1.807, 2.05) is 0 Å². The zero-order chi connectivity index (χ0) is 10.3. The Bertz CT molecular complexity index is 296. The quantitative estimate of drug-likeness (QED) is 0.547. The molecule has 74 valence electrons. The van der Waals surface area contributed by atoms with Crippen molar-refractivity contribution in [3.8, 4) is 0 Å². The Balaban J connectivity index is 3.07. The van der Waals surface area contributed by atoms with Crippen molar-refractivity contribution in [1.82, 2.24) is 4.23 Å². The molecule has 0 fully saturated rings. The van der Waals surface area contributed by atoms with Gasteiger partial charge in [0.2, 0.25) is 0 Å². The van der Waals surface area contributed by atoms with E-state index in [1.54, 1.807) is 0 Å². The second-order valence-electron chi connectivity index (χ2n) is 5.05. The highest BCUT2D eigenvalue weighted by molar-refractivity contribution is 14.1. The van der Waals surface area contributed by atoms with Crippen molar-refractivity contribution in [2.45, 2.75) is 38.9 Å². The summed E-state index contributed by atoms with van der Waals surface area (Å²) in [5, 5.41) is 0.412. The summed E-state index contributed by atoms with van der Waals surface area (Å²) >= 11 is 2.37. The molecule has 0 atom stereocenters. The van der Waals surface area contributed by atoms with Crippen molar-refractivity contribution < 1.29 is 0 Å². The monoisotopic (exact) mass is 307 g/mol. The second-order valence-corrected chi connectivity index (χ2v) is 11.4. The highest BCUT2D eigenvalue weighted by atomic mass is 127. The minimum absolute atomic E-state index is 0.412. The molecule has 0 aromatic carbocycles. The second kappa shape index (κ2) is 3.42. The van der Waals surface area contributed by atoms with E-state index in [1.165, 1.54) is 3.57 Å². The van der Waals surface area contributed by atoms with Crippen LogP contribution >= 0.6 is 22.6 Å². The van der Waals surface area contributed by atoms with Crippen molar-refractivity contribution in [2.75, 3.05) is 0 Å². The molecule has 0 radical (unpaired) electrons. The average molecular weight is 307 g/mol. The molecule has 0 saturated carbocycles. The maximum Gasteiger partial charge on any atom is 0.160 e. The lowest BCUT2D eigenvalue weighted by atomic mass is 10.2. The van der Waals surface area contributed by atoms with Crippen molar-refractivity contribution in [3.63, 3.8) is 0 Å². The fourth-order valence-corrected chi connectivity index (χ4v) is 3.51. The molecule has 1 aromatic heterocycles. The Morgan fingerprint density at radius 3 is 2.15 bits per heavy atom. The molecule has 1 nitrogen and oxygen atoms in total. The largest absolute Gasteiger partial charge is 0.379 e. The first kappa shape index (κ1) is 11.3. The van der Waals surface area contributed by atoms with Gasteiger partial charge in [-0.2, -0.15) is 0 Å². The molecule has 1 rings (SSSR count). The van der Waals surface area contributed by atoms with Crippen LogP contribution in [0.25, 0.3) is 0 Å². The van der Waals surface area contributed by atoms with Crippen LogP contribution in [0, 0.1) is 3.57 Å². The predicted molar refractivity (Wildman–Crippen MR) is 69.7 cm³/mol. The number of rotatable bonds is 1. The molecule has 0 N–H and O–H groups in total. The number of aromatic nitrogens is 1. The lowest BCUT2D eigenvalue weighted by Gasteiger charge is -2.37. The van der Waals surface area contributed by atoms with Crippen LogP contribution in [0.4, 0.5) is 0 Å². The van der Waals surface area contributed by atoms with Crippen molar-refractivity contribution in [2.24, 2.45) is 0 Å². The minimum atomic E-state index is -1.35. The molecule has 0 saturated heterocycles. The van der Waals surface area contributed by atoms with Crippen LogP contribution in [0.15, 0.2) is 18.5 Å². The Morgan fingerprint density at radius 1 is 1.31 bits per heavy atom. The fourth-order valence-electron chi connectivity index (χ4n) is 1.11. The molecule has 3 heteroatoms. The van der Waals surface area contributed by atoms with Crippen LogP contribution in [-0.4, -0.2) is 12.5 Å². The smallest absolute Gasteiger partial charge is 0.160 e. The normalized spacial score (nSPS) is 13.4. The van der Waals surface area contributed by atoms with Gasteiger partial charge in [-0.3, -0.25) is 0 Å². The highest BCUT2D eigenvalue weighted by Crippen LogP contribution is 2.37. The summed E-state index contributed by atoms with van der Waals surface area (Å²) in [6.45, 7) is 11.9. The third kappa shape index (κ3) is 2.18. The number of halogens is 1. The Kier molecular flexibility index (Phi) is 2.97. The van der Waals surface area contributed by atoms with E-state index in [0.29, 0.717) is 5.04 Å². The molecule has 0 unspecified atom stereocenters. The van der Waals surface area contributed by atoms with Crippen molar-refractivity contribution in [1.29, 1.82) is 0 Å². The van der Waals surface area contributed by atoms with Crippen LogP contribution in [0.2, 0.25) is 18.1 Å². The van der Waals surface area contributed by atoms with Gasteiger partial charge in [0.25, 0.3) is 0 Å². The topological polar surface area (TPSA) is 4.93 Å². The van der Waals surface area contributed by atoms with E-state index in [4.69, 9.17) is 0 Å². The Hall–Kier alpha value is 0.227. The van der Waals surface area contributed by atoms with E-state index in [-0.39, 0.29) is 0 Å². The maximum absolute atomic E-state index is 2.44. The number of nitrogens with zero attached hydrogens (tertiary/aromatic N) is 1. The molecule has 1 heterocycles. The van der Waals surface area contributed by atoms with Gasteiger partial charge in [-0.15, -0.1) is 0 Å². The van der Waals surface area contributed by atoms with E-state index >= 15 is 0 Å². The van der Waals surface area contributed by atoms with E-state index in [0.717, 1.165) is 0 Å². The van der Waals surface area contributed by atoms with Crippen LogP contribution < -0.4 is 0 Å². The molecular formula is C10H18INSi. The molecule has 1 aromatic rings. The predicted octanol–water partition coefficient (Wildman–Crippen LogP) is 3.95. The minimum Gasteiger partial charge on any atom is -0.379 e. The Morgan fingerprint density at radius 2 is 1.85 bits per heavy atom. The first-order chi connectivity index (χ1) is 5.75. The van der Waals surface area contributed by atoms with Gasteiger partial charge >= 0.3 is 0 Å². The van der Waals surface area contributed by atoms with Gasteiger partial charge in [0.05, 0.1) is 0 Å². The molecule has 0 bridgehead atoms. The molecule has 0 amide bonds. The van der Waals surface area contributed by atoms with E-state index in [2.05, 4.69) is 79.1 Å². The average Bonchev–Trinajstić information content (AvgIpc) is 2.33. The highest BCUT2D eigenvalue weighted by Gasteiger charge is 2.36. The molecule has 0 spiro atoms. The molecule has 0 aliphatic rings. The first-order valence-electron chi connectivity index (χ1n) is 4.59. The lowest BCUT2D eigenvalue weighted by molar-refractivity contribution is 0.700. The zero-order valence-corrected chi connectivity index (χ0v) is 12.2. The number of hydrogen-bond donors (Lipinski definition) is 0. The van der Waals surface area contributed by atoms with Crippen LogP contribution in [0.5, 0.6) is 0 Å². The van der Waals surface area contributed by atoms with Gasteiger partial charge in [0.1, 0.15) is 0 Å². The number of hydrogen-bond acceptors (Lipinski definition) is 0. The first-order valence-corrected chi connectivity index (χ1v) is 8.62. The van der Waals surface area contributed by atoms with Crippen LogP contribution in [-0.2, 0) is 0 Å². The molecular weight excluding hydrogens is 289 g/mol. The van der Waals surface area contributed by atoms with Gasteiger partial charge in [-0.05, 0) is 39.9 Å². The standard InChI is InChI=1S/C10H18INSi/c1-10(2,3)13(4,5)12-7-6-9(11)8-12/h6-8H,1-5H3. The summed E-state index contributed by atoms with van der Waals surface area (Å²) in [6.07, 6.45) is 4.48. The lowest BCUT2D eigenvalue weighted by Crippen LogP contribution is -2.44. The Labute approximate surface area is 95.8 Å². The molecule has 0 aliphatic carbocycles. The van der Waals surface area contributed by atoms with Gasteiger partial charge in [0.15, 0.2) is 8.24 Å². The van der Waals surface area contributed by atoms with E-state index < -0.39 is 8.24 Å². The van der Waals surface area contributed by atoms with Gasteiger partial charge in [0, 0.05) is 9.77 Å². The third-order valence-corrected chi connectivity index (χ3v) is 9.02. The van der Waals surface area contributed by atoms with Crippen molar-refractivity contribution in [3.05, 3.63) is 22.0 Å². The van der Waals surface area contributed by atoms with Gasteiger partial charge in [-0.1, -0.05) is 33.9 Å². The summed E-state index contributed by atoms with van der Waals surface area (Å²) in [4.78, 5) is 0. The summed E-state index contributed by atoms with van der Waals surface area (Å²) in [5.41, 5.74) is 0.